The zero-order valence-electron chi connectivity index (χ0n) is 33.9. The van der Waals surface area contributed by atoms with Gasteiger partial charge in [0.1, 0.15) is 41.9 Å². The van der Waals surface area contributed by atoms with Gasteiger partial charge in [-0.3, -0.25) is 9.11 Å². The number of carbonyl (C=O) groups excluding carboxylic acids is 1. The van der Waals surface area contributed by atoms with Crippen LogP contribution in [0, 0.1) is 23.1 Å². The fourth-order valence-corrected chi connectivity index (χ4v) is 15.2. The smallest absolute Gasteiger partial charge is 0.410 e. The molecule has 2 aromatic carbocycles. The summed E-state index contributed by atoms with van der Waals surface area (Å²) in [4.78, 5) is 30.3. The maximum atomic E-state index is 17.4. The lowest BCUT2D eigenvalue weighted by atomic mass is 9.96. The number of pyridine rings is 1. The Hall–Kier alpha value is -4.29. The van der Waals surface area contributed by atoms with Crippen molar-refractivity contribution in [2.45, 2.75) is 133 Å². The highest BCUT2D eigenvalue weighted by atomic mass is 32.2. The average molecular weight is 824 g/mol. The van der Waals surface area contributed by atoms with Crippen LogP contribution in [0.4, 0.5) is 28.2 Å². The molecule has 2 saturated heterocycles. The number of hydrogen-bond donors (Lipinski definition) is 0. The van der Waals surface area contributed by atoms with E-state index in [-0.39, 0.29) is 67.7 Å². The number of alkyl halides is 2. The molecule has 5 heterocycles. The minimum absolute atomic E-state index is 0.0416. The highest BCUT2D eigenvalue weighted by molar-refractivity contribution is 7.84. The molecule has 9 nitrogen and oxygen atoms in total. The van der Waals surface area contributed by atoms with Crippen LogP contribution in [-0.2, 0) is 15.5 Å². The Morgan fingerprint density at radius 3 is 2.28 bits per heavy atom. The Bertz CT molecular complexity index is 2340. The zero-order chi connectivity index (χ0) is 41.5. The molecule has 2 fully saturated rings. The van der Waals surface area contributed by atoms with E-state index in [0.717, 1.165) is 0 Å². The van der Waals surface area contributed by atoms with Crippen molar-refractivity contribution < 1.29 is 36.0 Å². The summed E-state index contributed by atoms with van der Waals surface area (Å²) in [6.07, 6.45) is -3.34. The number of amides is 1. The lowest BCUT2D eigenvalue weighted by Crippen LogP contribution is -2.67. The molecule has 2 aromatic heterocycles. The van der Waals surface area contributed by atoms with E-state index >= 15 is 17.6 Å². The highest BCUT2D eigenvalue weighted by Gasteiger charge is 2.56. The number of rotatable bonds is 6. The van der Waals surface area contributed by atoms with Crippen LogP contribution >= 0.6 is 0 Å². The number of anilines is 1. The Morgan fingerprint density at radius 2 is 1.67 bits per heavy atom. The van der Waals surface area contributed by atoms with Gasteiger partial charge in [0.2, 0.25) is 11.0 Å². The Morgan fingerprint density at radius 1 is 0.982 bits per heavy atom. The van der Waals surface area contributed by atoms with Crippen molar-refractivity contribution >= 4 is 52.5 Å². The van der Waals surface area contributed by atoms with Crippen molar-refractivity contribution in [3.8, 4) is 28.6 Å². The van der Waals surface area contributed by atoms with Crippen LogP contribution in [0.2, 0.25) is 16.6 Å². The molecule has 0 saturated carbocycles. The summed E-state index contributed by atoms with van der Waals surface area (Å²) < 4.78 is 89.4. The summed E-state index contributed by atoms with van der Waals surface area (Å²) in [6.45, 7) is 18.2. The molecule has 0 aliphatic carbocycles. The quantitative estimate of drug-likeness (QED) is 0.0822. The molecule has 1 unspecified atom stereocenters. The Kier molecular flexibility index (Phi) is 10.6. The van der Waals surface area contributed by atoms with Crippen LogP contribution in [0.3, 0.4) is 0 Å². The van der Waals surface area contributed by atoms with E-state index in [4.69, 9.17) is 9.47 Å². The standard InChI is InChI=1S/C42H49F4N5O4SSi/c1-21(2)57(22(3)4,23(5)6)19-18-26-28(43)16-14-24-12-11-13-27(30(24)26)33-32(44)34-31-38(49-40(48-34)56(10)53)50-20-25-15-17-29(51(25)41(52)55-42(7,8)9)35(50)36(37(45)46)54-39(31)47-33/h11-14,16,21-23,25,29,35-37H,15,17,20H2,1-10H3/t25-,29+,35+,36+,56?/m1/s1. The largest absolute Gasteiger partial charge is 0.465 e. The molecule has 5 atom stereocenters. The maximum absolute atomic E-state index is 17.4. The summed E-state index contributed by atoms with van der Waals surface area (Å²) in [7, 11) is -4.18. The van der Waals surface area contributed by atoms with Gasteiger partial charge in [-0.25, -0.2) is 37.3 Å². The van der Waals surface area contributed by atoms with Crippen molar-refractivity contribution in [1.82, 2.24) is 19.9 Å². The minimum atomic E-state index is -3.08. The third-order valence-electron chi connectivity index (χ3n) is 11.9. The van der Waals surface area contributed by atoms with Gasteiger partial charge in [0, 0.05) is 23.8 Å². The molecule has 57 heavy (non-hydrogen) atoms. The molecular weight excluding hydrogens is 775 g/mol. The van der Waals surface area contributed by atoms with Crippen LogP contribution in [0.15, 0.2) is 35.5 Å². The third-order valence-corrected chi connectivity index (χ3v) is 18.9. The van der Waals surface area contributed by atoms with E-state index in [0.29, 0.717) is 23.6 Å². The first-order valence-corrected chi connectivity index (χ1v) is 23.3. The Balaban J connectivity index is 1.48. The van der Waals surface area contributed by atoms with E-state index in [9.17, 15) is 9.00 Å². The van der Waals surface area contributed by atoms with Crippen molar-refractivity contribution in [3.05, 3.63) is 47.5 Å². The molecule has 0 N–H and O–H groups in total. The third kappa shape index (κ3) is 6.84. The molecule has 3 aliphatic heterocycles. The second-order valence-electron chi connectivity index (χ2n) is 17.3. The fourth-order valence-electron chi connectivity index (χ4n) is 9.59. The van der Waals surface area contributed by atoms with E-state index < -0.39 is 72.9 Å². The SMILES string of the molecule is CC(C)[Si](C#Cc1c(F)ccc2cccc(-c3nc4c5c(nc(S(C)=O)nc5c3F)N3C[C@H]5CC[C@@H]([C@H]3[C@@H](C(F)F)O4)N5C(=O)OC(C)(C)C)c12)(C(C)C)C(C)C. The van der Waals surface area contributed by atoms with E-state index in [1.807, 2.05) is 0 Å². The summed E-state index contributed by atoms with van der Waals surface area (Å²) >= 11 is 0. The van der Waals surface area contributed by atoms with Gasteiger partial charge < -0.3 is 14.4 Å². The topological polar surface area (TPSA) is 97.8 Å². The number of fused-ring (bicyclic) bond motifs is 6. The number of ether oxygens (including phenoxy) is 2. The normalized spacial score (nSPS) is 21.2. The molecule has 3 aliphatic rings. The van der Waals surface area contributed by atoms with Crippen LogP contribution in [0.1, 0.15) is 80.7 Å². The minimum Gasteiger partial charge on any atom is -0.465 e. The molecular formula is C42H49F4N5O4SSi. The first-order valence-electron chi connectivity index (χ1n) is 19.5. The van der Waals surface area contributed by atoms with Crippen LogP contribution in [0.25, 0.3) is 32.9 Å². The number of halogens is 4. The summed E-state index contributed by atoms with van der Waals surface area (Å²) in [5, 5.41) is 0.592. The molecule has 1 amide bonds. The second kappa shape index (κ2) is 14.8. The number of aromatic nitrogens is 3. The number of hydrogen-bond acceptors (Lipinski definition) is 8. The highest BCUT2D eigenvalue weighted by Crippen LogP contribution is 2.48. The average Bonchev–Trinajstić information content (AvgIpc) is 3.36. The van der Waals surface area contributed by atoms with Gasteiger partial charge in [0.15, 0.2) is 11.9 Å². The van der Waals surface area contributed by atoms with Crippen molar-refractivity contribution in [1.29, 1.82) is 0 Å². The van der Waals surface area contributed by atoms with Gasteiger partial charge in [-0.1, -0.05) is 71.7 Å². The summed E-state index contributed by atoms with van der Waals surface area (Å²) in [5.41, 5.74) is 3.13. The zero-order valence-corrected chi connectivity index (χ0v) is 35.7. The lowest BCUT2D eigenvalue weighted by Gasteiger charge is -2.48. The van der Waals surface area contributed by atoms with Crippen LogP contribution in [0.5, 0.6) is 5.88 Å². The molecule has 7 rings (SSSR count). The molecule has 304 valence electrons. The van der Waals surface area contributed by atoms with Crippen molar-refractivity contribution in [3.63, 3.8) is 0 Å². The van der Waals surface area contributed by atoms with E-state index in [1.54, 1.807) is 49.9 Å². The fraction of sp³-hybridized carbons (Fsp3) is 0.524. The van der Waals surface area contributed by atoms with Crippen molar-refractivity contribution in [2.75, 3.05) is 17.7 Å². The molecule has 0 radical (unpaired) electrons. The maximum Gasteiger partial charge on any atom is 0.410 e. The number of carbonyl (C=O) groups is 1. The van der Waals surface area contributed by atoms with Crippen LogP contribution in [-0.4, -0.2) is 87.3 Å². The van der Waals surface area contributed by atoms with Gasteiger partial charge in [0.05, 0.1) is 34.5 Å². The first-order chi connectivity index (χ1) is 26.8. The lowest BCUT2D eigenvalue weighted by molar-refractivity contribution is -0.0371. The van der Waals surface area contributed by atoms with Gasteiger partial charge >= 0.3 is 6.09 Å². The van der Waals surface area contributed by atoms with Gasteiger partial charge in [-0.2, -0.15) is 0 Å². The monoisotopic (exact) mass is 823 g/mol. The van der Waals surface area contributed by atoms with E-state index in [1.165, 1.54) is 17.2 Å². The van der Waals surface area contributed by atoms with Gasteiger partial charge in [0.25, 0.3) is 6.43 Å². The summed E-state index contributed by atoms with van der Waals surface area (Å²) in [6, 6.07) is 5.56. The number of piperazine rings is 1. The first kappa shape index (κ1) is 40.9. The predicted octanol–water partition coefficient (Wildman–Crippen LogP) is 9.41. The van der Waals surface area contributed by atoms with E-state index in [2.05, 4.69) is 68.0 Å². The Labute approximate surface area is 334 Å². The van der Waals surface area contributed by atoms with Crippen molar-refractivity contribution in [2.24, 2.45) is 0 Å². The number of benzene rings is 2. The van der Waals surface area contributed by atoms with Gasteiger partial charge in [-0.15, -0.1) is 5.54 Å². The predicted molar refractivity (Wildman–Crippen MR) is 217 cm³/mol. The number of nitrogens with zero attached hydrogens (tertiary/aromatic N) is 5. The molecule has 0 spiro atoms. The molecule has 15 heteroatoms. The molecule has 2 bridgehead atoms. The van der Waals surface area contributed by atoms with Crippen LogP contribution < -0.4 is 9.64 Å². The second-order valence-corrected chi connectivity index (χ2v) is 24.2. The molecule has 4 aromatic rings. The summed E-state index contributed by atoms with van der Waals surface area (Å²) in [5.74, 6) is 1.38. The van der Waals surface area contributed by atoms with Gasteiger partial charge in [-0.05, 0) is 61.7 Å².